The largest absolute Gasteiger partial charge is 0.508 e. The first-order valence-electron chi connectivity index (χ1n) is 6.60. The first kappa shape index (κ1) is 13.7. The third kappa shape index (κ3) is 2.25. The molecular weight excluding hydrogens is 278 g/mol. The van der Waals surface area contributed by atoms with Crippen LogP contribution in [0.3, 0.4) is 0 Å². The van der Waals surface area contributed by atoms with Crippen LogP contribution in [0.1, 0.15) is 15.9 Å². The van der Waals surface area contributed by atoms with E-state index in [1.54, 1.807) is 36.4 Å². The van der Waals surface area contributed by atoms with Crippen LogP contribution in [0.2, 0.25) is 0 Å². The van der Waals surface area contributed by atoms with Gasteiger partial charge in [0.25, 0.3) is 0 Å². The minimum atomic E-state index is -0.985. The van der Waals surface area contributed by atoms with Crippen molar-refractivity contribution in [1.29, 1.82) is 5.26 Å². The monoisotopic (exact) mass is 289 g/mol. The molecule has 2 N–H and O–H groups in total. The number of nitriles is 1. The third-order valence-corrected chi connectivity index (χ3v) is 3.56. The van der Waals surface area contributed by atoms with E-state index in [0.29, 0.717) is 5.56 Å². The van der Waals surface area contributed by atoms with E-state index in [2.05, 4.69) is 6.07 Å². The number of carboxylic acids is 1. The number of hydrogen-bond donors (Lipinski definition) is 2. The van der Waals surface area contributed by atoms with E-state index < -0.39 is 5.97 Å². The molecule has 0 fully saturated rings. The Bertz CT molecular complexity index is 921. The highest BCUT2D eigenvalue weighted by atomic mass is 16.4. The molecule has 0 aliphatic rings. The fraction of sp³-hybridized carbons (Fsp3) is 0. The molecule has 0 radical (unpaired) electrons. The van der Waals surface area contributed by atoms with Crippen molar-refractivity contribution < 1.29 is 15.0 Å². The van der Waals surface area contributed by atoms with Crippen LogP contribution in [0.4, 0.5) is 0 Å². The van der Waals surface area contributed by atoms with E-state index in [4.69, 9.17) is 5.11 Å². The molecular formula is C18H11NO3. The van der Waals surface area contributed by atoms with Gasteiger partial charge in [0.1, 0.15) is 11.8 Å². The summed E-state index contributed by atoms with van der Waals surface area (Å²) in [5, 5.41) is 29.5. The Kier molecular flexibility index (Phi) is 3.24. The van der Waals surface area contributed by atoms with Crippen LogP contribution in [-0.4, -0.2) is 16.2 Å². The second kappa shape index (κ2) is 5.23. The van der Waals surface area contributed by atoms with Crippen molar-refractivity contribution in [1.82, 2.24) is 0 Å². The van der Waals surface area contributed by atoms with Crippen LogP contribution < -0.4 is 0 Å². The lowest BCUT2D eigenvalue weighted by atomic mass is 9.94. The van der Waals surface area contributed by atoms with Crippen LogP contribution in [0, 0.1) is 11.3 Å². The average molecular weight is 289 g/mol. The Morgan fingerprint density at radius 1 is 1.00 bits per heavy atom. The zero-order valence-corrected chi connectivity index (χ0v) is 11.4. The molecule has 0 amide bonds. The summed E-state index contributed by atoms with van der Waals surface area (Å²) in [6.07, 6.45) is 0. The van der Waals surface area contributed by atoms with Crippen LogP contribution in [-0.2, 0) is 0 Å². The van der Waals surface area contributed by atoms with E-state index in [9.17, 15) is 15.2 Å². The molecule has 0 spiro atoms. The lowest BCUT2D eigenvalue weighted by Gasteiger charge is -2.08. The van der Waals surface area contributed by atoms with Crippen molar-refractivity contribution in [2.45, 2.75) is 0 Å². The van der Waals surface area contributed by atoms with Gasteiger partial charge in [0.2, 0.25) is 0 Å². The zero-order valence-electron chi connectivity index (χ0n) is 11.4. The molecule has 0 bridgehead atoms. The summed E-state index contributed by atoms with van der Waals surface area (Å²) in [7, 11) is 0. The SMILES string of the molecule is N#Cc1c(-c2ccc(C(=O)O)cc2)ccc2cc(O)ccc12. The number of aromatic hydroxyl groups is 1. The van der Waals surface area contributed by atoms with Gasteiger partial charge in [-0.05, 0) is 41.3 Å². The first-order valence-corrected chi connectivity index (χ1v) is 6.60. The van der Waals surface area contributed by atoms with Crippen molar-refractivity contribution in [2.24, 2.45) is 0 Å². The predicted octanol–water partition coefficient (Wildman–Crippen LogP) is 3.78. The fourth-order valence-corrected chi connectivity index (χ4v) is 2.47. The molecule has 4 nitrogen and oxygen atoms in total. The molecule has 22 heavy (non-hydrogen) atoms. The molecule has 0 unspecified atom stereocenters. The maximum absolute atomic E-state index is 10.9. The Hall–Kier alpha value is -3.32. The molecule has 0 saturated heterocycles. The number of phenols is 1. The van der Waals surface area contributed by atoms with Crippen molar-refractivity contribution in [3.05, 3.63) is 65.7 Å². The summed E-state index contributed by atoms with van der Waals surface area (Å²) in [5.74, 6) is -0.837. The molecule has 0 heterocycles. The lowest BCUT2D eigenvalue weighted by molar-refractivity contribution is 0.0697. The van der Waals surface area contributed by atoms with Gasteiger partial charge in [0.05, 0.1) is 11.1 Å². The highest BCUT2D eigenvalue weighted by Gasteiger charge is 2.10. The lowest BCUT2D eigenvalue weighted by Crippen LogP contribution is -1.95. The normalized spacial score (nSPS) is 10.3. The van der Waals surface area contributed by atoms with Gasteiger partial charge in [-0.3, -0.25) is 0 Å². The quantitative estimate of drug-likeness (QED) is 0.752. The van der Waals surface area contributed by atoms with Crippen molar-refractivity contribution in [2.75, 3.05) is 0 Å². The van der Waals surface area contributed by atoms with E-state index in [0.717, 1.165) is 21.9 Å². The Labute approximate surface area is 126 Å². The predicted molar refractivity (Wildman–Crippen MR) is 82.7 cm³/mol. The summed E-state index contributed by atoms with van der Waals surface area (Å²) in [6, 6.07) is 17.1. The van der Waals surface area contributed by atoms with Crippen molar-refractivity contribution >= 4 is 16.7 Å². The number of benzene rings is 3. The van der Waals surface area contributed by atoms with E-state index in [1.165, 1.54) is 12.1 Å². The van der Waals surface area contributed by atoms with Crippen LogP contribution in [0.25, 0.3) is 21.9 Å². The second-order valence-electron chi connectivity index (χ2n) is 4.89. The molecule has 0 atom stereocenters. The number of carbonyl (C=O) groups is 1. The van der Waals surface area contributed by atoms with Gasteiger partial charge in [-0.1, -0.05) is 24.3 Å². The summed E-state index contributed by atoms with van der Waals surface area (Å²) >= 11 is 0. The number of rotatable bonds is 2. The van der Waals surface area contributed by atoms with Gasteiger partial charge < -0.3 is 10.2 Å². The molecule has 4 heteroatoms. The van der Waals surface area contributed by atoms with Crippen LogP contribution >= 0.6 is 0 Å². The van der Waals surface area contributed by atoms with E-state index in [-0.39, 0.29) is 11.3 Å². The Morgan fingerprint density at radius 2 is 1.73 bits per heavy atom. The zero-order chi connectivity index (χ0) is 15.7. The first-order chi connectivity index (χ1) is 10.6. The molecule has 0 aromatic heterocycles. The van der Waals surface area contributed by atoms with Gasteiger partial charge in [0, 0.05) is 10.9 Å². The van der Waals surface area contributed by atoms with Crippen molar-refractivity contribution in [3.63, 3.8) is 0 Å². The number of carboxylic acid groups (broad SMARTS) is 1. The van der Waals surface area contributed by atoms with Gasteiger partial charge in [-0.2, -0.15) is 5.26 Å². The van der Waals surface area contributed by atoms with Crippen LogP contribution in [0.15, 0.2) is 54.6 Å². The van der Waals surface area contributed by atoms with Gasteiger partial charge in [-0.15, -0.1) is 0 Å². The maximum atomic E-state index is 10.9. The molecule has 0 aliphatic heterocycles. The van der Waals surface area contributed by atoms with Gasteiger partial charge in [-0.25, -0.2) is 4.79 Å². The van der Waals surface area contributed by atoms with E-state index in [1.807, 2.05) is 6.07 Å². The number of nitrogens with zero attached hydrogens (tertiary/aromatic N) is 1. The number of hydrogen-bond acceptors (Lipinski definition) is 3. The van der Waals surface area contributed by atoms with Crippen molar-refractivity contribution in [3.8, 4) is 22.9 Å². The maximum Gasteiger partial charge on any atom is 0.335 e. The molecule has 3 rings (SSSR count). The highest BCUT2D eigenvalue weighted by molar-refractivity contribution is 5.95. The molecule has 0 aliphatic carbocycles. The van der Waals surface area contributed by atoms with E-state index >= 15 is 0 Å². The molecule has 3 aromatic rings. The fourth-order valence-electron chi connectivity index (χ4n) is 2.47. The Balaban J connectivity index is 2.20. The minimum absolute atomic E-state index is 0.148. The third-order valence-electron chi connectivity index (χ3n) is 3.56. The van der Waals surface area contributed by atoms with Gasteiger partial charge >= 0.3 is 5.97 Å². The van der Waals surface area contributed by atoms with Crippen LogP contribution in [0.5, 0.6) is 5.75 Å². The molecule has 3 aromatic carbocycles. The summed E-state index contributed by atoms with van der Waals surface area (Å²) in [5.41, 5.74) is 2.21. The number of phenolic OH excluding ortho intramolecular Hbond substituents is 1. The highest BCUT2D eigenvalue weighted by Crippen LogP contribution is 2.31. The van der Waals surface area contributed by atoms with Gasteiger partial charge in [0.15, 0.2) is 0 Å². The molecule has 0 saturated carbocycles. The topological polar surface area (TPSA) is 81.3 Å². The Morgan fingerprint density at radius 3 is 2.36 bits per heavy atom. The number of fused-ring (bicyclic) bond motifs is 1. The summed E-state index contributed by atoms with van der Waals surface area (Å²) < 4.78 is 0. The average Bonchev–Trinajstić information content (AvgIpc) is 2.53. The summed E-state index contributed by atoms with van der Waals surface area (Å²) in [4.78, 5) is 10.9. The summed E-state index contributed by atoms with van der Waals surface area (Å²) in [6.45, 7) is 0. The minimum Gasteiger partial charge on any atom is -0.508 e. The smallest absolute Gasteiger partial charge is 0.335 e. The second-order valence-corrected chi connectivity index (χ2v) is 4.89. The molecule has 106 valence electrons. The standard InChI is InChI=1S/C18H11NO3/c19-10-17-15(11-1-3-12(4-2-11)18(21)22)7-5-13-9-14(20)6-8-16(13)17/h1-9,20H,(H,21,22). The number of aromatic carboxylic acids is 1.